The first-order valence-corrected chi connectivity index (χ1v) is 12.4. The van der Waals surface area contributed by atoms with E-state index in [1.807, 2.05) is 97.1 Å². The second-order valence-corrected chi connectivity index (χ2v) is 8.93. The Morgan fingerprint density at radius 2 is 1.50 bits per heavy atom. The minimum Gasteiger partial charge on any atom is -0.495 e. The third kappa shape index (κ3) is 5.16. The van der Waals surface area contributed by atoms with Crippen molar-refractivity contribution < 1.29 is 9.53 Å². The summed E-state index contributed by atoms with van der Waals surface area (Å²) in [7, 11) is 1.58. The largest absolute Gasteiger partial charge is 0.495 e. The highest BCUT2D eigenvalue weighted by Gasteiger charge is 2.16. The summed E-state index contributed by atoms with van der Waals surface area (Å²) in [6, 6.07) is 35.1. The number of anilines is 1. The van der Waals surface area contributed by atoms with E-state index in [-0.39, 0.29) is 5.91 Å². The van der Waals surface area contributed by atoms with Crippen molar-refractivity contribution in [2.75, 3.05) is 12.4 Å². The molecule has 0 saturated carbocycles. The van der Waals surface area contributed by atoms with E-state index < -0.39 is 0 Å². The van der Waals surface area contributed by atoms with Gasteiger partial charge < -0.3 is 10.1 Å². The number of thioether (sulfide) groups is 1. The second-order valence-electron chi connectivity index (χ2n) is 7.98. The van der Waals surface area contributed by atoms with Crippen molar-refractivity contribution in [3.8, 4) is 22.8 Å². The van der Waals surface area contributed by atoms with E-state index in [9.17, 15) is 4.79 Å². The van der Waals surface area contributed by atoms with Gasteiger partial charge >= 0.3 is 0 Å². The molecule has 0 spiro atoms. The van der Waals surface area contributed by atoms with Gasteiger partial charge in [0.15, 0.2) is 11.0 Å². The Bertz CT molecular complexity index is 1450. The van der Waals surface area contributed by atoms with E-state index >= 15 is 0 Å². The summed E-state index contributed by atoms with van der Waals surface area (Å²) >= 11 is 1.60. The molecule has 5 aromatic rings. The molecule has 0 saturated heterocycles. The van der Waals surface area contributed by atoms with Crippen LogP contribution in [0.4, 0.5) is 5.69 Å². The highest BCUT2D eigenvalue weighted by molar-refractivity contribution is 7.98. The van der Waals surface area contributed by atoms with Crippen LogP contribution in [0.15, 0.2) is 114 Å². The van der Waals surface area contributed by atoms with Gasteiger partial charge in [0.25, 0.3) is 5.91 Å². The van der Waals surface area contributed by atoms with Crippen molar-refractivity contribution in [2.24, 2.45) is 0 Å². The zero-order valence-electron chi connectivity index (χ0n) is 19.7. The number of nitrogens with one attached hydrogen (secondary N) is 1. The molecule has 1 aromatic heterocycles. The lowest BCUT2D eigenvalue weighted by molar-refractivity contribution is 0.102. The maximum atomic E-state index is 12.7. The first-order valence-electron chi connectivity index (χ1n) is 11.5. The highest BCUT2D eigenvalue weighted by atomic mass is 32.2. The molecule has 0 aliphatic carbocycles. The van der Waals surface area contributed by atoms with Gasteiger partial charge in [0.1, 0.15) is 5.75 Å². The van der Waals surface area contributed by atoms with Gasteiger partial charge in [-0.25, -0.2) is 0 Å². The van der Waals surface area contributed by atoms with Gasteiger partial charge in [0.2, 0.25) is 0 Å². The van der Waals surface area contributed by atoms with Crippen LogP contribution in [0.25, 0.3) is 17.1 Å². The summed E-state index contributed by atoms with van der Waals surface area (Å²) in [5, 5.41) is 12.7. The molecule has 0 fully saturated rings. The fraction of sp³-hybridized carbons (Fsp3) is 0.0690. The van der Waals surface area contributed by atoms with Crippen molar-refractivity contribution in [3.63, 3.8) is 0 Å². The van der Waals surface area contributed by atoms with Gasteiger partial charge in [0, 0.05) is 22.6 Å². The molecule has 1 heterocycles. The minimum absolute atomic E-state index is 0.185. The average Bonchev–Trinajstić information content (AvgIpc) is 3.37. The minimum atomic E-state index is -0.185. The lowest BCUT2D eigenvalue weighted by atomic mass is 10.1. The molecule has 6 nitrogen and oxygen atoms in total. The third-order valence-electron chi connectivity index (χ3n) is 5.62. The molecule has 1 amide bonds. The fourth-order valence-corrected chi connectivity index (χ4v) is 4.70. The molecule has 0 unspecified atom stereocenters. The van der Waals surface area contributed by atoms with Gasteiger partial charge in [-0.1, -0.05) is 84.6 Å². The molecule has 0 aliphatic heterocycles. The van der Waals surface area contributed by atoms with E-state index in [0.29, 0.717) is 22.8 Å². The predicted molar refractivity (Wildman–Crippen MR) is 144 cm³/mol. The first-order chi connectivity index (χ1) is 17.7. The molecule has 0 atom stereocenters. The van der Waals surface area contributed by atoms with Gasteiger partial charge in [-0.3, -0.25) is 9.36 Å². The maximum absolute atomic E-state index is 12.7. The normalized spacial score (nSPS) is 10.7. The molecule has 178 valence electrons. The zero-order valence-corrected chi connectivity index (χ0v) is 20.5. The van der Waals surface area contributed by atoms with Crippen molar-refractivity contribution in [2.45, 2.75) is 10.9 Å². The van der Waals surface area contributed by atoms with Gasteiger partial charge in [-0.2, -0.15) is 0 Å². The fourth-order valence-electron chi connectivity index (χ4n) is 3.79. The molecule has 4 aromatic carbocycles. The Hall–Kier alpha value is -4.36. The summed E-state index contributed by atoms with van der Waals surface area (Å²) in [5.74, 6) is 1.92. The monoisotopic (exact) mass is 492 g/mol. The number of ether oxygens (including phenoxy) is 1. The zero-order chi connectivity index (χ0) is 24.7. The second kappa shape index (κ2) is 10.9. The molecule has 0 aliphatic rings. The van der Waals surface area contributed by atoms with Crippen LogP contribution in [0.3, 0.4) is 0 Å². The highest BCUT2D eigenvalue weighted by Crippen LogP contribution is 2.30. The topological polar surface area (TPSA) is 69.0 Å². The van der Waals surface area contributed by atoms with Gasteiger partial charge in [-0.15, -0.1) is 10.2 Å². The van der Waals surface area contributed by atoms with Crippen LogP contribution in [-0.2, 0) is 5.75 Å². The number of carbonyl (C=O) groups excluding carboxylic acids is 1. The van der Waals surface area contributed by atoms with Crippen LogP contribution in [0.5, 0.6) is 5.75 Å². The van der Waals surface area contributed by atoms with E-state index in [1.165, 1.54) is 0 Å². The summed E-state index contributed by atoms with van der Waals surface area (Å²) < 4.78 is 7.39. The smallest absolute Gasteiger partial charge is 0.255 e. The lowest BCUT2D eigenvalue weighted by Gasteiger charge is -2.11. The Morgan fingerprint density at radius 3 is 2.22 bits per heavy atom. The Balaban J connectivity index is 1.32. The number of methoxy groups -OCH3 is 1. The van der Waals surface area contributed by atoms with Gasteiger partial charge in [0.05, 0.1) is 12.8 Å². The molecule has 0 radical (unpaired) electrons. The van der Waals surface area contributed by atoms with Crippen molar-refractivity contribution in [3.05, 3.63) is 120 Å². The van der Waals surface area contributed by atoms with E-state index in [2.05, 4.69) is 32.2 Å². The van der Waals surface area contributed by atoms with Gasteiger partial charge in [-0.05, 0) is 42.0 Å². The van der Waals surface area contributed by atoms with Crippen LogP contribution in [0.1, 0.15) is 15.9 Å². The van der Waals surface area contributed by atoms with Crippen molar-refractivity contribution in [1.82, 2.24) is 14.8 Å². The lowest BCUT2D eigenvalue weighted by Crippen LogP contribution is -2.12. The SMILES string of the molecule is COc1ccccc1NC(=O)c1ccc(CSc2nnc(-c3ccccc3)n2-c2ccccc2)cc1. The number of aromatic nitrogens is 3. The van der Waals surface area contributed by atoms with Crippen LogP contribution in [0.2, 0.25) is 0 Å². The van der Waals surface area contributed by atoms with Crippen LogP contribution in [-0.4, -0.2) is 27.8 Å². The maximum Gasteiger partial charge on any atom is 0.255 e. The number of benzene rings is 4. The number of hydrogen-bond acceptors (Lipinski definition) is 5. The van der Waals surface area contributed by atoms with E-state index in [4.69, 9.17) is 4.74 Å². The number of hydrogen-bond donors (Lipinski definition) is 1. The molecule has 1 N–H and O–H groups in total. The molecule has 36 heavy (non-hydrogen) atoms. The summed E-state index contributed by atoms with van der Waals surface area (Å²) in [6.07, 6.45) is 0. The van der Waals surface area contributed by atoms with E-state index in [1.54, 1.807) is 18.9 Å². The van der Waals surface area contributed by atoms with Crippen LogP contribution < -0.4 is 10.1 Å². The summed E-state index contributed by atoms with van der Waals surface area (Å²) in [4.78, 5) is 12.7. The molecular formula is C29H24N4O2S. The Labute approximate surface area is 214 Å². The summed E-state index contributed by atoms with van der Waals surface area (Å²) in [6.45, 7) is 0. The van der Waals surface area contributed by atoms with Crippen LogP contribution >= 0.6 is 11.8 Å². The predicted octanol–water partition coefficient (Wildman–Crippen LogP) is 6.49. The standard InChI is InChI=1S/C29H24N4O2S/c1-35-26-15-9-8-14-25(26)30-28(34)23-18-16-21(17-19-23)20-36-29-32-31-27(22-10-4-2-5-11-22)33(29)24-12-6-3-7-13-24/h2-19H,20H2,1H3,(H,30,34). The number of para-hydroxylation sites is 3. The Kier molecular flexibility index (Phi) is 7.10. The summed E-state index contributed by atoms with van der Waals surface area (Å²) in [5.41, 5.74) is 4.31. The van der Waals surface area contributed by atoms with Crippen LogP contribution in [0, 0.1) is 0 Å². The molecule has 0 bridgehead atoms. The van der Waals surface area contributed by atoms with E-state index in [0.717, 1.165) is 27.8 Å². The number of nitrogens with zero attached hydrogens (tertiary/aromatic N) is 3. The first kappa shape index (κ1) is 23.4. The molecule has 7 heteroatoms. The quantitative estimate of drug-likeness (QED) is 0.251. The number of amides is 1. The number of rotatable bonds is 8. The molecule has 5 rings (SSSR count). The number of carbonyl (C=O) groups is 1. The molecular weight excluding hydrogens is 468 g/mol. The third-order valence-corrected chi connectivity index (χ3v) is 6.62. The van der Waals surface area contributed by atoms with Crippen molar-refractivity contribution >= 4 is 23.4 Å². The average molecular weight is 493 g/mol. The Morgan fingerprint density at radius 1 is 0.833 bits per heavy atom. The van der Waals surface area contributed by atoms with Crippen molar-refractivity contribution in [1.29, 1.82) is 0 Å².